The molecule has 2 heterocycles. The zero-order chi connectivity index (χ0) is 14.5. The van der Waals surface area contributed by atoms with Crippen molar-refractivity contribution in [2.45, 2.75) is 27.3 Å². The van der Waals surface area contributed by atoms with Gasteiger partial charge in [-0.3, -0.25) is 4.79 Å². The summed E-state index contributed by atoms with van der Waals surface area (Å²) in [5.41, 5.74) is 0. The molecular weight excluding hydrogens is 258 g/mol. The van der Waals surface area contributed by atoms with Crippen LogP contribution < -0.4 is 0 Å². The molecule has 0 radical (unpaired) electrons. The zero-order valence-electron chi connectivity index (χ0n) is 12.2. The number of ether oxygens (including phenoxy) is 2. The first-order chi connectivity index (χ1) is 9.58. The second-order valence-corrected chi connectivity index (χ2v) is 5.24. The van der Waals surface area contributed by atoms with Crippen LogP contribution in [-0.2, 0) is 20.8 Å². The van der Waals surface area contributed by atoms with E-state index in [-0.39, 0.29) is 5.91 Å². The molecule has 0 saturated carbocycles. The minimum absolute atomic E-state index is 0.146. The van der Waals surface area contributed by atoms with Crippen LogP contribution in [0.5, 0.6) is 0 Å². The number of furan rings is 1. The Bertz CT molecular complexity index is 476. The van der Waals surface area contributed by atoms with Crippen molar-refractivity contribution in [3.63, 3.8) is 0 Å². The highest BCUT2D eigenvalue weighted by atomic mass is 16.6. The summed E-state index contributed by atoms with van der Waals surface area (Å²) in [6.45, 7) is 7.88. The number of rotatable bonds is 5. The standard InChI is InChI=1S/C15H21NO4/c1-11(2)9-16(10-13-5-4-6-19-13)15(17)14-12(3)18-7-8-20-14/h4-6,11H,7-10H2,1-3H3. The fourth-order valence-corrected chi connectivity index (χ4v) is 2.11. The Labute approximate surface area is 119 Å². The summed E-state index contributed by atoms with van der Waals surface area (Å²) < 4.78 is 16.2. The van der Waals surface area contributed by atoms with Gasteiger partial charge in [0.25, 0.3) is 5.91 Å². The average Bonchev–Trinajstić information content (AvgIpc) is 2.90. The van der Waals surface area contributed by atoms with Crippen molar-refractivity contribution in [1.82, 2.24) is 4.90 Å². The first-order valence-corrected chi connectivity index (χ1v) is 6.86. The Morgan fingerprint density at radius 2 is 2.10 bits per heavy atom. The molecule has 20 heavy (non-hydrogen) atoms. The fourth-order valence-electron chi connectivity index (χ4n) is 2.11. The number of hydrogen-bond acceptors (Lipinski definition) is 4. The fraction of sp³-hybridized carbons (Fsp3) is 0.533. The van der Waals surface area contributed by atoms with Crippen molar-refractivity contribution < 1.29 is 18.7 Å². The number of hydrogen-bond donors (Lipinski definition) is 0. The number of allylic oxidation sites excluding steroid dienone is 1. The molecule has 5 nitrogen and oxygen atoms in total. The van der Waals surface area contributed by atoms with Crippen LogP contribution in [0.2, 0.25) is 0 Å². The van der Waals surface area contributed by atoms with Crippen molar-refractivity contribution in [3.05, 3.63) is 35.7 Å². The molecule has 110 valence electrons. The number of nitrogens with zero attached hydrogens (tertiary/aromatic N) is 1. The molecule has 0 atom stereocenters. The van der Waals surface area contributed by atoms with Gasteiger partial charge in [0.2, 0.25) is 5.76 Å². The predicted octanol–water partition coefficient (Wildman–Crippen LogP) is 2.54. The van der Waals surface area contributed by atoms with E-state index in [1.165, 1.54) is 0 Å². The lowest BCUT2D eigenvalue weighted by Gasteiger charge is -2.27. The van der Waals surface area contributed by atoms with Crippen LogP contribution in [0.1, 0.15) is 26.5 Å². The Morgan fingerprint density at radius 1 is 1.35 bits per heavy atom. The van der Waals surface area contributed by atoms with E-state index >= 15 is 0 Å². The maximum Gasteiger partial charge on any atom is 0.292 e. The third-order valence-corrected chi connectivity index (χ3v) is 2.96. The minimum Gasteiger partial charge on any atom is -0.491 e. The summed E-state index contributed by atoms with van der Waals surface area (Å²) in [4.78, 5) is 14.3. The first-order valence-electron chi connectivity index (χ1n) is 6.86. The summed E-state index contributed by atoms with van der Waals surface area (Å²) in [7, 11) is 0. The molecule has 1 aromatic heterocycles. The van der Waals surface area contributed by atoms with Crippen molar-refractivity contribution >= 4 is 5.91 Å². The van der Waals surface area contributed by atoms with Crippen molar-refractivity contribution in [3.8, 4) is 0 Å². The molecular formula is C15H21NO4. The predicted molar refractivity (Wildman–Crippen MR) is 73.6 cm³/mol. The summed E-state index contributed by atoms with van der Waals surface area (Å²) >= 11 is 0. The molecule has 0 saturated heterocycles. The van der Waals surface area contributed by atoms with Gasteiger partial charge in [-0.05, 0) is 25.0 Å². The Balaban J connectivity index is 2.15. The van der Waals surface area contributed by atoms with E-state index in [9.17, 15) is 4.79 Å². The summed E-state index contributed by atoms with van der Waals surface area (Å²) in [6.07, 6.45) is 1.61. The largest absolute Gasteiger partial charge is 0.491 e. The van der Waals surface area contributed by atoms with Crippen LogP contribution >= 0.6 is 0 Å². The minimum atomic E-state index is -0.146. The molecule has 0 N–H and O–H groups in total. The molecule has 0 fully saturated rings. The smallest absolute Gasteiger partial charge is 0.292 e. The Kier molecular flexibility index (Phi) is 4.71. The number of carbonyl (C=O) groups is 1. The van der Waals surface area contributed by atoms with Gasteiger partial charge in [-0.15, -0.1) is 0 Å². The van der Waals surface area contributed by atoms with E-state index in [4.69, 9.17) is 13.9 Å². The first kappa shape index (κ1) is 14.5. The van der Waals surface area contributed by atoms with E-state index in [1.54, 1.807) is 18.1 Å². The molecule has 2 rings (SSSR count). The van der Waals surface area contributed by atoms with Crippen molar-refractivity contribution in [1.29, 1.82) is 0 Å². The van der Waals surface area contributed by atoms with Gasteiger partial charge in [-0.25, -0.2) is 0 Å². The van der Waals surface area contributed by atoms with Crippen molar-refractivity contribution in [2.75, 3.05) is 19.8 Å². The van der Waals surface area contributed by atoms with Gasteiger partial charge in [0.15, 0.2) is 0 Å². The molecule has 5 heteroatoms. The topological polar surface area (TPSA) is 51.9 Å². The zero-order valence-corrected chi connectivity index (χ0v) is 12.2. The quantitative estimate of drug-likeness (QED) is 0.831. The molecule has 0 aliphatic carbocycles. The van der Waals surface area contributed by atoms with Crippen LogP contribution in [0.25, 0.3) is 0 Å². The third kappa shape index (κ3) is 3.56. The summed E-state index contributed by atoms with van der Waals surface area (Å²) in [5, 5.41) is 0. The van der Waals surface area contributed by atoms with Gasteiger partial charge >= 0.3 is 0 Å². The normalized spacial score (nSPS) is 15.0. The second-order valence-electron chi connectivity index (χ2n) is 5.24. The van der Waals surface area contributed by atoms with E-state index in [1.807, 2.05) is 12.1 Å². The lowest BCUT2D eigenvalue weighted by Crippen LogP contribution is -2.37. The second kappa shape index (κ2) is 6.50. The lowest BCUT2D eigenvalue weighted by molar-refractivity contribution is -0.134. The lowest BCUT2D eigenvalue weighted by atomic mass is 10.2. The van der Waals surface area contributed by atoms with Gasteiger partial charge in [-0.2, -0.15) is 0 Å². The molecule has 1 aliphatic rings. The van der Waals surface area contributed by atoms with Crippen LogP contribution in [0.3, 0.4) is 0 Å². The van der Waals surface area contributed by atoms with Crippen LogP contribution in [0, 0.1) is 5.92 Å². The summed E-state index contributed by atoms with van der Waals surface area (Å²) in [6, 6.07) is 3.68. The Morgan fingerprint density at radius 3 is 2.70 bits per heavy atom. The maximum absolute atomic E-state index is 12.6. The Hall–Kier alpha value is -1.91. The van der Waals surface area contributed by atoms with Crippen LogP contribution in [0.15, 0.2) is 34.3 Å². The van der Waals surface area contributed by atoms with Gasteiger partial charge in [0, 0.05) is 6.54 Å². The highest BCUT2D eigenvalue weighted by molar-refractivity contribution is 5.92. The molecule has 0 bridgehead atoms. The van der Waals surface area contributed by atoms with Gasteiger partial charge in [0.1, 0.15) is 24.7 Å². The highest BCUT2D eigenvalue weighted by Gasteiger charge is 2.26. The van der Waals surface area contributed by atoms with Crippen LogP contribution in [-0.4, -0.2) is 30.6 Å². The molecule has 0 aromatic carbocycles. The van der Waals surface area contributed by atoms with E-state index in [0.717, 1.165) is 5.76 Å². The summed E-state index contributed by atoms with van der Waals surface area (Å²) in [5.74, 6) is 1.83. The molecule has 0 unspecified atom stereocenters. The van der Waals surface area contributed by atoms with Crippen LogP contribution in [0.4, 0.5) is 0 Å². The molecule has 1 aromatic rings. The number of amides is 1. The van der Waals surface area contributed by atoms with Gasteiger partial charge in [-0.1, -0.05) is 13.8 Å². The maximum atomic E-state index is 12.6. The van der Waals surface area contributed by atoms with E-state index < -0.39 is 0 Å². The average molecular weight is 279 g/mol. The SMILES string of the molecule is CC1=C(C(=O)N(Cc2ccco2)CC(C)C)OCCO1. The van der Waals surface area contributed by atoms with Crippen molar-refractivity contribution in [2.24, 2.45) is 5.92 Å². The third-order valence-electron chi connectivity index (χ3n) is 2.96. The van der Waals surface area contributed by atoms with Gasteiger partial charge < -0.3 is 18.8 Å². The molecule has 1 amide bonds. The highest BCUT2D eigenvalue weighted by Crippen LogP contribution is 2.18. The molecule has 1 aliphatic heterocycles. The van der Waals surface area contributed by atoms with E-state index in [2.05, 4.69) is 13.8 Å². The molecule has 0 spiro atoms. The number of carbonyl (C=O) groups excluding carboxylic acids is 1. The monoisotopic (exact) mass is 279 g/mol. The van der Waals surface area contributed by atoms with E-state index in [0.29, 0.717) is 43.7 Å². The van der Waals surface area contributed by atoms with Gasteiger partial charge in [0.05, 0.1) is 12.8 Å².